The number of thiol groups is 1. The number of alkyl halides is 3. The number of rotatable bonds is 2. The van der Waals surface area contributed by atoms with Crippen LogP contribution in [-0.4, -0.2) is 16.2 Å². The van der Waals surface area contributed by atoms with Gasteiger partial charge in [0.05, 0.1) is 6.54 Å². The highest BCUT2D eigenvalue weighted by Crippen LogP contribution is 2.32. The van der Waals surface area contributed by atoms with Crippen LogP contribution < -0.4 is 10.6 Å². The molecule has 0 aliphatic carbocycles. The summed E-state index contributed by atoms with van der Waals surface area (Å²) in [6.07, 6.45) is -3.43. The van der Waals surface area contributed by atoms with Crippen LogP contribution in [0.4, 0.5) is 18.0 Å². The topological polar surface area (TPSA) is 77.9 Å². The number of amides is 2. The van der Waals surface area contributed by atoms with Crippen molar-refractivity contribution < 1.29 is 18.0 Å². The van der Waals surface area contributed by atoms with E-state index in [1.165, 1.54) is 0 Å². The molecule has 2 amide bonds. The molecule has 0 atom stereocenters. The van der Waals surface area contributed by atoms with E-state index in [9.17, 15) is 18.0 Å². The van der Waals surface area contributed by atoms with Gasteiger partial charge in [0.2, 0.25) is 0 Å². The molecule has 0 spiro atoms. The number of halogens is 3. The van der Waals surface area contributed by atoms with Gasteiger partial charge in [-0.2, -0.15) is 13.2 Å². The van der Waals surface area contributed by atoms with Gasteiger partial charge in [-0.1, -0.05) is 0 Å². The Labute approximate surface area is 103 Å². The predicted octanol–water partition coefficient (Wildman–Crippen LogP) is 1.83. The lowest BCUT2D eigenvalue weighted by Gasteiger charge is -2.03. The minimum atomic E-state index is -4.47. The summed E-state index contributed by atoms with van der Waals surface area (Å²) in [6.45, 7) is -0.0966. The Morgan fingerprint density at radius 3 is 2.71 bits per heavy atom. The Balaban J connectivity index is 2.51. The molecule has 5 nitrogen and oxygen atoms in total. The maximum Gasteiger partial charge on any atom is 0.443 e. The fourth-order valence-electron chi connectivity index (χ4n) is 0.839. The lowest BCUT2D eigenvalue weighted by molar-refractivity contribution is -0.137. The van der Waals surface area contributed by atoms with Crippen molar-refractivity contribution in [2.45, 2.75) is 12.7 Å². The van der Waals surface area contributed by atoms with Gasteiger partial charge in [-0.15, -0.1) is 24.0 Å². The first-order chi connectivity index (χ1) is 7.79. The summed E-state index contributed by atoms with van der Waals surface area (Å²) >= 11 is 3.96. The number of hydrogen-bond acceptors (Lipinski definition) is 4. The van der Waals surface area contributed by atoms with Crippen LogP contribution in [0.3, 0.4) is 0 Å². The summed E-state index contributed by atoms with van der Waals surface area (Å²) in [6, 6.07) is -0.716. The Morgan fingerprint density at radius 2 is 2.24 bits per heavy atom. The molecule has 94 valence electrons. The Hall–Kier alpha value is -1.29. The molecule has 0 saturated carbocycles. The van der Waals surface area contributed by atoms with Crippen LogP contribution in [0.25, 0.3) is 0 Å². The Kier molecular flexibility index (Phi) is 4.34. The summed E-state index contributed by atoms with van der Waals surface area (Å²) in [5.74, 6) is 0. The van der Waals surface area contributed by atoms with Gasteiger partial charge in [0.25, 0.3) is 0 Å². The number of amidine groups is 1. The van der Waals surface area contributed by atoms with Crippen molar-refractivity contribution in [1.29, 1.82) is 5.41 Å². The van der Waals surface area contributed by atoms with E-state index in [1.807, 2.05) is 5.32 Å². The number of carbonyl (C=O) groups is 1. The lowest BCUT2D eigenvalue weighted by Crippen LogP contribution is -2.36. The van der Waals surface area contributed by atoms with E-state index < -0.39 is 17.2 Å². The van der Waals surface area contributed by atoms with Gasteiger partial charge < -0.3 is 5.32 Å². The van der Waals surface area contributed by atoms with Crippen LogP contribution in [0.15, 0.2) is 6.20 Å². The number of nitrogens with zero attached hydrogens (tertiary/aromatic N) is 1. The third-order valence-corrected chi connectivity index (χ3v) is 2.61. The molecule has 1 aromatic heterocycles. The van der Waals surface area contributed by atoms with Gasteiger partial charge >= 0.3 is 12.2 Å². The van der Waals surface area contributed by atoms with Crippen molar-refractivity contribution in [2.75, 3.05) is 0 Å². The van der Waals surface area contributed by atoms with Crippen LogP contribution in [0.5, 0.6) is 0 Å². The lowest BCUT2D eigenvalue weighted by atomic mass is 10.5. The van der Waals surface area contributed by atoms with E-state index in [0.717, 1.165) is 6.20 Å². The van der Waals surface area contributed by atoms with E-state index in [-0.39, 0.29) is 16.6 Å². The number of hydrogen-bond donors (Lipinski definition) is 4. The fraction of sp³-hybridized carbons (Fsp3) is 0.286. The SMILES string of the molecule is N=C(S)NC(=O)NCc1cnc(C(F)(F)F)s1. The second kappa shape index (κ2) is 5.36. The van der Waals surface area contributed by atoms with Crippen molar-refractivity contribution in [1.82, 2.24) is 15.6 Å². The molecule has 1 aromatic rings. The van der Waals surface area contributed by atoms with E-state index in [4.69, 9.17) is 5.41 Å². The van der Waals surface area contributed by atoms with Crippen LogP contribution in [-0.2, 0) is 12.7 Å². The standard InChI is InChI=1S/C7H7F3N4OS2/c8-7(9,10)4-12-1-3(17-4)2-13-6(15)14-5(11)16/h1H,2H2,(H4,11,13,14,15,16). The number of carbonyl (C=O) groups excluding carboxylic acids is 1. The van der Waals surface area contributed by atoms with E-state index >= 15 is 0 Å². The zero-order valence-electron chi connectivity index (χ0n) is 8.13. The first-order valence-electron chi connectivity index (χ1n) is 4.13. The molecule has 17 heavy (non-hydrogen) atoms. The smallest absolute Gasteiger partial charge is 0.333 e. The van der Waals surface area contributed by atoms with Crippen LogP contribution in [0.1, 0.15) is 9.88 Å². The zero-order chi connectivity index (χ0) is 13.1. The van der Waals surface area contributed by atoms with E-state index in [2.05, 4.69) is 22.9 Å². The zero-order valence-corrected chi connectivity index (χ0v) is 9.84. The molecule has 3 N–H and O–H groups in total. The predicted molar refractivity (Wildman–Crippen MR) is 59.2 cm³/mol. The number of nitrogens with one attached hydrogen (secondary N) is 3. The van der Waals surface area contributed by atoms with Crippen LogP contribution in [0.2, 0.25) is 0 Å². The van der Waals surface area contributed by atoms with Crippen molar-refractivity contribution in [3.63, 3.8) is 0 Å². The second-order valence-corrected chi connectivity index (χ2v) is 4.35. The van der Waals surface area contributed by atoms with Gasteiger partial charge in [0.15, 0.2) is 10.2 Å². The van der Waals surface area contributed by atoms with Crippen LogP contribution in [0, 0.1) is 5.41 Å². The fourth-order valence-corrected chi connectivity index (χ4v) is 1.66. The molecule has 1 heterocycles. The van der Waals surface area contributed by atoms with Crippen molar-refractivity contribution >= 4 is 35.2 Å². The molecule has 0 fully saturated rings. The minimum Gasteiger partial charge on any atom is -0.333 e. The first-order valence-corrected chi connectivity index (χ1v) is 5.39. The molecule has 0 aliphatic rings. The molecular formula is C7H7F3N4OS2. The molecule has 0 bridgehead atoms. The maximum absolute atomic E-state index is 12.2. The van der Waals surface area contributed by atoms with Crippen molar-refractivity contribution in [3.05, 3.63) is 16.1 Å². The van der Waals surface area contributed by atoms with E-state index in [1.54, 1.807) is 0 Å². The number of thiazole rings is 1. The molecule has 0 unspecified atom stereocenters. The molecule has 0 radical (unpaired) electrons. The first kappa shape index (κ1) is 13.8. The third-order valence-electron chi connectivity index (χ3n) is 1.45. The van der Waals surface area contributed by atoms with Crippen molar-refractivity contribution in [3.8, 4) is 0 Å². The normalized spacial score (nSPS) is 11.1. The minimum absolute atomic E-state index is 0.0966. The van der Waals surface area contributed by atoms with Gasteiger partial charge in [-0.3, -0.25) is 10.7 Å². The summed E-state index contributed by atoms with van der Waals surface area (Å²) in [5, 5.41) is 9.78. The Bertz CT molecular complexity index is 431. The van der Waals surface area contributed by atoms with Gasteiger partial charge in [-0.05, 0) is 0 Å². The van der Waals surface area contributed by atoms with Crippen LogP contribution >= 0.6 is 24.0 Å². The molecular weight excluding hydrogens is 277 g/mol. The molecule has 10 heteroatoms. The van der Waals surface area contributed by atoms with Gasteiger partial charge in [-0.25, -0.2) is 9.78 Å². The highest BCUT2D eigenvalue weighted by molar-refractivity contribution is 7.96. The quantitative estimate of drug-likeness (QED) is 0.380. The van der Waals surface area contributed by atoms with E-state index in [0.29, 0.717) is 11.3 Å². The summed E-state index contributed by atoms with van der Waals surface area (Å²) in [4.78, 5) is 14.4. The van der Waals surface area contributed by atoms with Crippen molar-refractivity contribution in [2.24, 2.45) is 0 Å². The monoisotopic (exact) mass is 284 g/mol. The third kappa shape index (κ3) is 4.61. The maximum atomic E-state index is 12.2. The summed E-state index contributed by atoms with van der Waals surface area (Å²) in [7, 11) is 0. The molecule has 1 rings (SSSR count). The summed E-state index contributed by atoms with van der Waals surface area (Å²) < 4.78 is 36.5. The average Bonchev–Trinajstić information content (AvgIpc) is 2.61. The van der Waals surface area contributed by atoms with Gasteiger partial charge in [0, 0.05) is 11.1 Å². The molecule has 0 aliphatic heterocycles. The largest absolute Gasteiger partial charge is 0.443 e. The average molecular weight is 284 g/mol. The highest BCUT2D eigenvalue weighted by atomic mass is 32.1. The van der Waals surface area contributed by atoms with Gasteiger partial charge in [0.1, 0.15) is 0 Å². The Morgan fingerprint density at radius 1 is 1.59 bits per heavy atom. The molecule has 0 saturated heterocycles. The summed E-state index contributed by atoms with van der Waals surface area (Å²) in [5.41, 5.74) is 0. The second-order valence-electron chi connectivity index (χ2n) is 2.79. The highest BCUT2D eigenvalue weighted by Gasteiger charge is 2.34. The number of urea groups is 1. The molecule has 0 aromatic carbocycles. The number of aromatic nitrogens is 1.